The lowest BCUT2D eigenvalue weighted by atomic mass is 9.99. The Hall–Kier alpha value is -2.20. The fraction of sp³-hybridized carbons (Fsp3) is 0.588. The summed E-state index contributed by atoms with van der Waals surface area (Å²) in [4.78, 5) is 12.7. The summed E-state index contributed by atoms with van der Waals surface area (Å²) in [6, 6.07) is 1.87. The lowest BCUT2D eigenvalue weighted by molar-refractivity contribution is -0.126. The molecule has 1 fully saturated rings. The fourth-order valence-electron chi connectivity index (χ4n) is 3.24. The van der Waals surface area contributed by atoms with Gasteiger partial charge in [0.2, 0.25) is 15.9 Å². The summed E-state index contributed by atoms with van der Waals surface area (Å²) in [6.07, 6.45) is 4.57. The molecule has 2 aromatic heterocycles. The molecule has 9 nitrogen and oxygen atoms in total. The molecule has 1 atom stereocenters. The van der Waals surface area contributed by atoms with Gasteiger partial charge in [-0.2, -0.15) is 14.5 Å². The van der Waals surface area contributed by atoms with Gasteiger partial charge >= 0.3 is 0 Å². The van der Waals surface area contributed by atoms with Crippen molar-refractivity contribution < 1.29 is 13.2 Å². The molecule has 3 rings (SSSR count). The predicted octanol–water partition coefficient (Wildman–Crippen LogP) is 0.662. The molecule has 27 heavy (non-hydrogen) atoms. The van der Waals surface area contributed by atoms with Gasteiger partial charge in [-0.05, 0) is 32.8 Å². The van der Waals surface area contributed by atoms with Crippen LogP contribution in [0.1, 0.15) is 31.2 Å². The highest BCUT2D eigenvalue weighted by Crippen LogP contribution is 2.25. The number of hydrogen-bond acceptors (Lipinski definition) is 5. The molecule has 0 radical (unpaired) electrons. The molecule has 0 spiro atoms. The van der Waals surface area contributed by atoms with Crippen LogP contribution in [0.5, 0.6) is 0 Å². The molecule has 2 aromatic rings. The number of aromatic nitrogens is 4. The Morgan fingerprint density at radius 1 is 1.41 bits per heavy atom. The second-order valence-electron chi connectivity index (χ2n) is 6.80. The van der Waals surface area contributed by atoms with Crippen LogP contribution >= 0.6 is 0 Å². The van der Waals surface area contributed by atoms with E-state index in [2.05, 4.69) is 15.5 Å². The van der Waals surface area contributed by atoms with Crippen molar-refractivity contribution >= 4 is 15.9 Å². The Morgan fingerprint density at radius 3 is 2.81 bits per heavy atom. The third-order valence-corrected chi connectivity index (χ3v) is 6.99. The van der Waals surface area contributed by atoms with Gasteiger partial charge in [0.25, 0.3) is 0 Å². The number of amides is 1. The van der Waals surface area contributed by atoms with E-state index in [9.17, 15) is 13.2 Å². The van der Waals surface area contributed by atoms with E-state index < -0.39 is 10.0 Å². The van der Waals surface area contributed by atoms with Gasteiger partial charge in [-0.1, -0.05) is 0 Å². The van der Waals surface area contributed by atoms with E-state index in [0.29, 0.717) is 31.6 Å². The van der Waals surface area contributed by atoms with Crippen molar-refractivity contribution in [2.75, 3.05) is 13.1 Å². The third kappa shape index (κ3) is 4.06. The van der Waals surface area contributed by atoms with Gasteiger partial charge in [0.15, 0.2) is 0 Å². The zero-order chi connectivity index (χ0) is 19.6. The van der Waals surface area contributed by atoms with Crippen molar-refractivity contribution in [1.29, 1.82) is 0 Å². The molecule has 0 bridgehead atoms. The molecule has 0 saturated carbocycles. The van der Waals surface area contributed by atoms with E-state index in [0.717, 1.165) is 12.2 Å². The van der Waals surface area contributed by atoms with Crippen molar-refractivity contribution in [3.8, 4) is 0 Å². The maximum atomic E-state index is 12.9. The molecule has 1 aliphatic heterocycles. The van der Waals surface area contributed by atoms with Gasteiger partial charge in [0.1, 0.15) is 4.90 Å². The van der Waals surface area contributed by atoms with Crippen LogP contribution in [0.15, 0.2) is 23.4 Å². The smallest absolute Gasteiger partial charge is 0.246 e. The van der Waals surface area contributed by atoms with E-state index in [1.54, 1.807) is 18.7 Å². The van der Waals surface area contributed by atoms with Crippen LogP contribution in [0.3, 0.4) is 0 Å². The molecule has 1 amide bonds. The van der Waals surface area contributed by atoms with Gasteiger partial charge in [-0.25, -0.2) is 8.42 Å². The van der Waals surface area contributed by atoms with Crippen molar-refractivity contribution in [3.05, 3.63) is 29.8 Å². The van der Waals surface area contributed by atoms with Crippen LogP contribution in [0.25, 0.3) is 0 Å². The number of piperidine rings is 1. The fourth-order valence-corrected chi connectivity index (χ4v) is 4.95. The Labute approximate surface area is 159 Å². The first-order valence-electron chi connectivity index (χ1n) is 9.11. The van der Waals surface area contributed by atoms with E-state index in [4.69, 9.17) is 0 Å². The molecule has 1 saturated heterocycles. The SMILES string of the molecule is CCn1ccc(CNC(=O)[C@H]2CCCN(S(=O)(=O)c3cnn(C)c3C)C2)n1. The summed E-state index contributed by atoms with van der Waals surface area (Å²) in [7, 11) is -1.94. The molecule has 3 heterocycles. The molecule has 0 aliphatic carbocycles. The topological polar surface area (TPSA) is 102 Å². The number of carbonyl (C=O) groups is 1. The summed E-state index contributed by atoms with van der Waals surface area (Å²) >= 11 is 0. The number of sulfonamides is 1. The van der Waals surface area contributed by atoms with Crippen LogP contribution in [-0.2, 0) is 35.0 Å². The van der Waals surface area contributed by atoms with E-state index in [1.165, 1.54) is 15.2 Å². The first-order valence-corrected chi connectivity index (χ1v) is 10.6. The molecular formula is C17H26N6O3S. The van der Waals surface area contributed by atoms with Crippen molar-refractivity contribution in [1.82, 2.24) is 29.2 Å². The number of aryl methyl sites for hydroxylation is 2. The Morgan fingerprint density at radius 2 is 2.19 bits per heavy atom. The lowest BCUT2D eigenvalue weighted by Crippen LogP contribution is -2.45. The van der Waals surface area contributed by atoms with Gasteiger partial charge < -0.3 is 5.32 Å². The number of nitrogens with one attached hydrogen (secondary N) is 1. The Balaban J connectivity index is 1.64. The largest absolute Gasteiger partial charge is 0.350 e. The molecule has 0 unspecified atom stereocenters. The average Bonchev–Trinajstić information content (AvgIpc) is 3.27. The number of carbonyl (C=O) groups excluding carboxylic acids is 1. The zero-order valence-corrected chi connectivity index (χ0v) is 16.7. The van der Waals surface area contributed by atoms with E-state index in [-0.39, 0.29) is 23.3 Å². The highest BCUT2D eigenvalue weighted by atomic mass is 32.2. The second kappa shape index (κ2) is 7.81. The molecule has 1 aliphatic rings. The van der Waals surface area contributed by atoms with Crippen LogP contribution in [0, 0.1) is 12.8 Å². The van der Waals surface area contributed by atoms with Gasteiger partial charge in [-0.3, -0.25) is 14.2 Å². The van der Waals surface area contributed by atoms with Gasteiger partial charge in [0, 0.05) is 32.9 Å². The first kappa shape index (κ1) is 19.6. The van der Waals surface area contributed by atoms with Crippen LogP contribution in [0.4, 0.5) is 0 Å². The van der Waals surface area contributed by atoms with Crippen molar-refractivity contribution in [2.24, 2.45) is 13.0 Å². The summed E-state index contributed by atoms with van der Waals surface area (Å²) in [5.74, 6) is -0.498. The number of nitrogens with zero attached hydrogens (tertiary/aromatic N) is 5. The van der Waals surface area contributed by atoms with E-state index >= 15 is 0 Å². The molecule has 1 N–H and O–H groups in total. The minimum Gasteiger partial charge on any atom is -0.350 e. The zero-order valence-electron chi connectivity index (χ0n) is 15.9. The van der Waals surface area contributed by atoms with E-state index in [1.807, 2.05) is 19.2 Å². The van der Waals surface area contributed by atoms with Crippen LogP contribution in [0.2, 0.25) is 0 Å². The Bertz CT molecular complexity index is 917. The third-order valence-electron chi connectivity index (χ3n) is 5.03. The van der Waals surface area contributed by atoms with Crippen molar-refractivity contribution in [2.45, 2.75) is 44.7 Å². The molecule has 0 aromatic carbocycles. The summed E-state index contributed by atoms with van der Waals surface area (Å²) in [6.45, 7) is 5.45. The highest BCUT2D eigenvalue weighted by molar-refractivity contribution is 7.89. The van der Waals surface area contributed by atoms with Gasteiger partial charge in [0.05, 0.1) is 30.0 Å². The second-order valence-corrected chi connectivity index (χ2v) is 8.71. The van der Waals surface area contributed by atoms with Crippen LogP contribution in [-0.4, -0.2) is 51.3 Å². The Kier molecular flexibility index (Phi) is 5.66. The minimum absolute atomic E-state index is 0.135. The number of rotatable bonds is 6. The maximum absolute atomic E-state index is 12.9. The van der Waals surface area contributed by atoms with Crippen LogP contribution < -0.4 is 5.32 Å². The quantitative estimate of drug-likeness (QED) is 0.776. The predicted molar refractivity (Wildman–Crippen MR) is 99.2 cm³/mol. The molecular weight excluding hydrogens is 368 g/mol. The molecule has 148 valence electrons. The minimum atomic E-state index is -3.65. The average molecular weight is 395 g/mol. The number of hydrogen-bond donors (Lipinski definition) is 1. The normalized spacial score (nSPS) is 18.6. The monoisotopic (exact) mass is 394 g/mol. The summed E-state index contributed by atoms with van der Waals surface area (Å²) < 4.78 is 30.6. The first-order chi connectivity index (χ1) is 12.8. The maximum Gasteiger partial charge on any atom is 0.246 e. The lowest BCUT2D eigenvalue weighted by Gasteiger charge is -2.31. The summed E-state index contributed by atoms with van der Waals surface area (Å²) in [5, 5.41) is 11.2. The highest BCUT2D eigenvalue weighted by Gasteiger charge is 2.34. The summed E-state index contributed by atoms with van der Waals surface area (Å²) in [5.41, 5.74) is 1.38. The standard InChI is InChI=1S/C17H26N6O3S/c1-4-22-9-7-15(20-22)10-18-17(24)14-6-5-8-23(12-14)27(25,26)16-11-19-21(3)13(16)2/h7,9,11,14H,4-6,8,10,12H2,1-3H3,(H,18,24)/t14-/m0/s1. The molecule has 10 heteroatoms. The van der Waals surface area contributed by atoms with Gasteiger partial charge in [-0.15, -0.1) is 0 Å². The van der Waals surface area contributed by atoms with Crippen molar-refractivity contribution in [3.63, 3.8) is 0 Å².